The van der Waals surface area contributed by atoms with Crippen LogP contribution < -0.4 is 5.11 Å². The Kier molecular flexibility index (Phi) is 5.76. The smallest absolute Gasteiger partial charge is 0.208 e. The highest BCUT2D eigenvalue weighted by molar-refractivity contribution is 5.94. The summed E-state index contributed by atoms with van der Waals surface area (Å²) < 4.78 is 15.8. The van der Waals surface area contributed by atoms with Crippen molar-refractivity contribution in [3.8, 4) is 0 Å². The SMILES string of the molecule is O=C([O-])C1=CO[C@H](O[C@@H]2O[C@H](CO)[C@@H](O)[C@H](O)[C@H]2O)[C@H]2[C@H]1CC(=O)[C@]2(O)CO. The van der Waals surface area contributed by atoms with Crippen LogP contribution >= 0.6 is 0 Å². The summed E-state index contributed by atoms with van der Waals surface area (Å²) in [5.74, 6) is -4.94. The molecule has 28 heavy (non-hydrogen) atoms. The van der Waals surface area contributed by atoms with E-state index >= 15 is 0 Å². The Bertz CT molecular complexity index is 662. The third kappa shape index (κ3) is 3.21. The lowest BCUT2D eigenvalue weighted by Crippen LogP contribution is -2.61. The van der Waals surface area contributed by atoms with Crippen LogP contribution in [0.2, 0.25) is 0 Å². The van der Waals surface area contributed by atoms with Gasteiger partial charge >= 0.3 is 0 Å². The number of Topliss-reactive ketones (excluding diaryl/α,β-unsaturated/α-hetero) is 1. The molecular weight excluding hydrogens is 384 g/mol. The zero-order valence-electron chi connectivity index (χ0n) is 14.5. The van der Waals surface area contributed by atoms with Gasteiger partial charge in [0.15, 0.2) is 17.7 Å². The number of hydrogen-bond donors (Lipinski definition) is 6. The number of aliphatic carboxylic acids is 1. The predicted molar refractivity (Wildman–Crippen MR) is 81.5 cm³/mol. The molecule has 158 valence electrons. The number of ketones is 1. The quantitative estimate of drug-likeness (QED) is 0.254. The highest BCUT2D eigenvalue weighted by atomic mass is 16.8. The van der Waals surface area contributed by atoms with Crippen molar-refractivity contribution in [3.63, 3.8) is 0 Å². The number of fused-ring (bicyclic) bond motifs is 1. The molecule has 0 spiro atoms. The molecule has 2 fully saturated rings. The van der Waals surface area contributed by atoms with E-state index in [1.807, 2.05) is 0 Å². The molecule has 1 saturated heterocycles. The van der Waals surface area contributed by atoms with Crippen LogP contribution in [0.4, 0.5) is 0 Å². The molecule has 2 heterocycles. The molecule has 6 N–H and O–H groups in total. The molecular formula is C16H21O12-. The number of carboxylic acids is 1. The van der Waals surface area contributed by atoms with Gasteiger partial charge < -0.3 is 54.8 Å². The van der Waals surface area contributed by atoms with Gasteiger partial charge in [0, 0.05) is 17.9 Å². The molecule has 1 saturated carbocycles. The standard InChI is InChI=1S/C16H22O12/c17-2-7-10(20)11(21)12(22)15(27-7)28-14-9-5(6(3-26-14)13(23)24)1-8(19)16(9,25)4-18/h3,5,7,9-12,14-15,17-18,20-22,25H,1-2,4H2,(H,23,24)/p-1/t5-,7+,9+,10+,11-,12+,14+,15-,16+/m0/s1. The lowest BCUT2D eigenvalue weighted by Gasteiger charge is -2.44. The monoisotopic (exact) mass is 405 g/mol. The first-order valence-corrected chi connectivity index (χ1v) is 8.55. The van der Waals surface area contributed by atoms with Gasteiger partial charge in [0.2, 0.25) is 6.29 Å². The zero-order valence-corrected chi connectivity index (χ0v) is 14.5. The van der Waals surface area contributed by atoms with Crippen LogP contribution in [0.5, 0.6) is 0 Å². The van der Waals surface area contributed by atoms with Crippen LogP contribution in [0, 0.1) is 11.8 Å². The van der Waals surface area contributed by atoms with Crippen molar-refractivity contribution in [2.45, 2.75) is 49.0 Å². The fourth-order valence-electron chi connectivity index (χ4n) is 3.87. The third-order valence-corrected chi connectivity index (χ3v) is 5.49. The maximum absolute atomic E-state index is 12.2. The van der Waals surface area contributed by atoms with Gasteiger partial charge in [-0.15, -0.1) is 0 Å². The highest BCUT2D eigenvalue weighted by Crippen LogP contribution is 2.47. The minimum atomic E-state index is -2.38. The highest BCUT2D eigenvalue weighted by Gasteiger charge is 2.61. The molecule has 1 aliphatic carbocycles. The second kappa shape index (κ2) is 7.65. The number of hydrogen-bond acceptors (Lipinski definition) is 12. The molecule has 0 radical (unpaired) electrons. The zero-order chi connectivity index (χ0) is 20.8. The summed E-state index contributed by atoms with van der Waals surface area (Å²) >= 11 is 0. The molecule has 3 rings (SSSR count). The van der Waals surface area contributed by atoms with E-state index in [0.717, 1.165) is 6.26 Å². The molecule has 12 nitrogen and oxygen atoms in total. The van der Waals surface area contributed by atoms with Gasteiger partial charge in [-0.05, 0) is 0 Å². The summed E-state index contributed by atoms with van der Waals surface area (Å²) in [6.07, 6.45) is -9.29. The molecule has 9 atom stereocenters. The van der Waals surface area contributed by atoms with Crippen molar-refractivity contribution < 1.29 is 59.5 Å². The second-order valence-electron chi connectivity index (χ2n) is 7.04. The van der Waals surface area contributed by atoms with Crippen LogP contribution in [0.3, 0.4) is 0 Å². The van der Waals surface area contributed by atoms with Gasteiger partial charge in [0.25, 0.3) is 0 Å². The molecule has 0 aromatic rings. The van der Waals surface area contributed by atoms with Crippen molar-refractivity contribution in [2.24, 2.45) is 11.8 Å². The third-order valence-electron chi connectivity index (χ3n) is 5.49. The van der Waals surface area contributed by atoms with Crippen LogP contribution in [0.25, 0.3) is 0 Å². The normalized spacial score (nSPS) is 45.9. The summed E-state index contributed by atoms with van der Waals surface area (Å²) in [5.41, 5.74) is -2.78. The fraction of sp³-hybridized carbons (Fsp3) is 0.750. The van der Waals surface area contributed by atoms with Crippen molar-refractivity contribution >= 4 is 11.8 Å². The molecule has 0 aromatic carbocycles. The van der Waals surface area contributed by atoms with Crippen molar-refractivity contribution in [2.75, 3.05) is 13.2 Å². The summed E-state index contributed by atoms with van der Waals surface area (Å²) in [5, 5.41) is 70.4. The van der Waals surface area contributed by atoms with Gasteiger partial charge in [0.05, 0.1) is 31.4 Å². The Balaban J connectivity index is 1.89. The number of rotatable bonds is 5. The fourth-order valence-corrected chi connectivity index (χ4v) is 3.87. The molecule has 12 heteroatoms. The molecule has 0 amide bonds. The number of aliphatic hydroxyl groups excluding tert-OH is 5. The molecule has 3 aliphatic rings. The van der Waals surface area contributed by atoms with Gasteiger partial charge in [-0.3, -0.25) is 4.79 Å². The summed E-state index contributed by atoms with van der Waals surface area (Å²) in [6, 6.07) is 0. The van der Waals surface area contributed by atoms with Gasteiger partial charge in [-0.2, -0.15) is 0 Å². The average Bonchev–Trinajstić information content (AvgIpc) is 2.93. The van der Waals surface area contributed by atoms with E-state index in [1.165, 1.54) is 0 Å². The van der Waals surface area contributed by atoms with E-state index in [0.29, 0.717) is 0 Å². The van der Waals surface area contributed by atoms with Crippen molar-refractivity contribution in [1.29, 1.82) is 0 Å². The molecule has 2 aliphatic heterocycles. The average molecular weight is 405 g/mol. The van der Waals surface area contributed by atoms with Crippen molar-refractivity contribution in [1.82, 2.24) is 0 Å². The minimum Gasteiger partial charge on any atom is -0.545 e. The van der Waals surface area contributed by atoms with Gasteiger partial charge in [-0.25, -0.2) is 0 Å². The Morgan fingerprint density at radius 1 is 1.21 bits per heavy atom. The summed E-state index contributed by atoms with van der Waals surface area (Å²) in [4.78, 5) is 23.5. The maximum Gasteiger partial charge on any atom is 0.208 e. The number of aliphatic hydroxyl groups is 6. The Morgan fingerprint density at radius 3 is 2.46 bits per heavy atom. The Morgan fingerprint density at radius 2 is 1.89 bits per heavy atom. The van der Waals surface area contributed by atoms with E-state index < -0.39 is 91.4 Å². The topological polar surface area (TPSA) is 206 Å². The number of carboxylic acid groups (broad SMARTS) is 1. The largest absolute Gasteiger partial charge is 0.545 e. The second-order valence-corrected chi connectivity index (χ2v) is 7.04. The number of carbonyl (C=O) groups is 2. The molecule has 0 bridgehead atoms. The molecule has 0 aromatic heterocycles. The lowest BCUT2D eigenvalue weighted by atomic mass is 9.80. The van der Waals surface area contributed by atoms with Crippen molar-refractivity contribution in [3.05, 3.63) is 11.8 Å². The number of ether oxygens (including phenoxy) is 3. The summed E-state index contributed by atoms with van der Waals surface area (Å²) in [6.45, 7) is -1.75. The lowest BCUT2D eigenvalue weighted by molar-refractivity contribution is -0.347. The first-order chi connectivity index (χ1) is 13.2. The predicted octanol–water partition coefficient (Wildman–Crippen LogP) is -5.28. The Labute approximate surface area is 158 Å². The van der Waals surface area contributed by atoms with E-state index in [-0.39, 0.29) is 0 Å². The van der Waals surface area contributed by atoms with E-state index in [2.05, 4.69) is 0 Å². The van der Waals surface area contributed by atoms with E-state index in [1.54, 1.807) is 0 Å². The van der Waals surface area contributed by atoms with E-state index in [4.69, 9.17) is 14.2 Å². The van der Waals surface area contributed by atoms with Crippen LogP contribution in [-0.2, 0) is 23.8 Å². The van der Waals surface area contributed by atoms with Crippen LogP contribution in [0.15, 0.2) is 11.8 Å². The molecule has 0 unspecified atom stereocenters. The number of carbonyl (C=O) groups excluding carboxylic acids is 2. The van der Waals surface area contributed by atoms with Crippen LogP contribution in [-0.4, -0.2) is 98.2 Å². The minimum absolute atomic E-state index is 0.406. The Hall–Kier alpha value is -1.64. The van der Waals surface area contributed by atoms with Crippen LogP contribution in [0.1, 0.15) is 6.42 Å². The maximum atomic E-state index is 12.2. The summed E-state index contributed by atoms with van der Waals surface area (Å²) in [7, 11) is 0. The van der Waals surface area contributed by atoms with Gasteiger partial charge in [-0.1, -0.05) is 0 Å². The van der Waals surface area contributed by atoms with E-state index in [9.17, 15) is 45.3 Å². The first kappa shape index (κ1) is 21.1. The first-order valence-electron chi connectivity index (χ1n) is 8.55. The van der Waals surface area contributed by atoms with Gasteiger partial charge in [0.1, 0.15) is 24.4 Å².